The molecule has 84 valence electrons. The molecule has 4 nitrogen and oxygen atoms in total. The van der Waals surface area contributed by atoms with Gasteiger partial charge < -0.3 is 10.5 Å². The summed E-state index contributed by atoms with van der Waals surface area (Å²) >= 11 is 0. The van der Waals surface area contributed by atoms with Crippen LogP contribution < -0.4 is 5.73 Å². The first-order valence-electron chi connectivity index (χ1n) is 4.76. The maximum Gasteiger partial charge on any atom is 0.309 e. The van der Waals surface area contributed by atoms with E-state index in [-0.39, 0.29) is 12.4 Å². The number of nitrogens with two attached hydrogens (primary N) is 1. The fraction of sp³-hybridized carbons (Fsp3) is 0.167. The topological polar surface area (TPSA) is 69.4 Å². The largest absolute Gasteiger partial charge is 0.469 e. The van der Waals surface area contributed by atoms with Crippen molar-refractivity contribution in [3.63, 3.8) is 0 Å². The number of methoxy groups -OCH3 is 1. The second kappa shape index (κ2) is 5.70. The summed E-state index contributed by atoms with van der Waals surface area (Å²) in [6.07, 6.45) is 3.62. The maximum absolute atomic E-state index is 10.9. The summed E-state index contributed by atoms with van der Waals surface area (Å²) in [6, 6.07) is 6.86. The Kier molecular flexibility index (Phi) is 4.27. The normalized spacial score (nSPS) is 10.3. The van der Waals surface area contributed by atoms with E-state index in [1.807, 2.05) is 6.07 Å². The van der Waals surface area contributed by atoms with Gasteiger partial charge in [-0.15, -0.1) is 0 Å². The summed E-state index contributed by atoms with van der Waals surface area (Å²) in [5.74, 6) is -0.773. The molecule has 0 bridgehead atoms. The third-order valence-electron chi connectivity index (χ3n) is 1.99. The number of carbonyl (C=O) groups is 2. The molecule has 4 heteroatoms. The van der Waals surface area contributed by atoms with E-state index in [0.717, 1.165) is 5.56 Å². The van der Waals surface area contributed by atoms with E-state index >= 15 is 0 Å². The molecule has 0 atom stereocenters. The summed E-state index contributed by atoms with van der Waals surface area (Å²) in [5, 5.41) is 0. The Morgan fingerprint density at radius 2 is 2.19 bits per heavy atom. The number of esters is 1. The average Bonchev–Trinajstić information content (AvgIpc) is 2.29. The summed E-state index contributed by atoms with van der Waals surface area (Å²) in [5.41, 5.74) is 6.41. The molecule has 0 aliphatic carbocycles. The highest BCUT2D eigenvalue weighted by atomic mass is 16.5. The van der Waals surface area contributed by atoms with Crippen molar-refractivity contribution in [2.75, 3.05) is 7.11 Å². The van der Waals surface area contributed by atoms with Crippen molar-refractivity contribution >= 4 is 18.0 Å². The zero-order valence-corrected chi connectivity index (χ0v) is 8.97. The lowest BCUT2D eigenvalue weighted by atomic mass is 10.1. The van der Waals surface area contributed by atoms with Crippen LogP contribution in [0.2, 0.25) is 0 Å². The molecule has 0 aromatic heterocycles. The maximum atomic E-state index is 10.9. The predicted molar refractivity (Wildman–Crippen MR) is 60.6 cm³/mol. The Balaban J connectivity index is 2.70. The summed E-state index contributed by atoms with van der Waals surface area (Å²) in [4.78, 5) is 21.7. The second-order valence-corrected chi connectivity index (χ2v) is 3.17. The highest BCUT2D eigenvalue weighted by molar-refractivity contribution is 5.93. The van der Waals surface area contributed by atoms with Gasteiger partial charge in [0.05, 0.1) is 13.5 Å². The van der Waals surface area contributed by atoms with Crippen molar-refractivity contribution in [2.24, 2.45) is 5.73 Å². The van der Waals surface area contributed by atoms with Crippen LogP contribution in [0.1, 0.15) is 22.3 Å². The van der Waals surface area contributed by atoms with Crippen LogP contribution in [0.3, 0.4) is 0 Å². The van der Waals surface area contributed by atoms with Crippen LogP contribution in [0.25, 0.3) is 6.08 Å². The van der Waals surface area contributed by atoms with Crippen molar-refractivity contribution in [2.45, 2.75) is 6.42 Å². The summed E-state index contributed by atoms with van der Waals surface area (Å²) in [6.45, 7) is 0. The lowest BCUT2D eigenvalue weighted by Crippen LogP contribution is -2.10. The van der Waals surface area contributed by atoms with Gasteiger partial charge in [0, 0.05) is 5.56 Å². The molecule has 0 aliphatic heterocycles. The molecule has 0 radical (unpaired) electrons. The van der Waals surface area contributed by atoms with Crippen LogP contribution in [0.4, 0.5) is 0 Å². The lowest BCUT2D eigenvalue weighted by Gasteiger charge is -1.97. The van der Waals surface area contributed by atoms with E-state index in [9.17, 15) is 9.59 Å². The van der Waals surface area contributed by atoms with Gasteiger partial charge in [0.25, 0.3) is 0 Å². The molecule has 1 rings (SSSR count). The molecular formula is C12H13NO3. The number of ether oxygens (including phenoxy) is 1. The number of hydrogen-bond donors (Lipinski definition) is 1. The van der Waals surface area contributed by atoms with E-state index in [4.69, 9.17) is 5.73 Å². The third-order valence-corrected chi connectivity index (χ3v) is 1.99. The van der Waals surface area contributed by atoms with Gasteiger partial charge in [0.15, 0.2) is 0 Å². The van der Waals surface area contributed by atoms with Crippen molar-refractivity contribution in [3.05, 3.63) is 41.5 Å². The number of hydrogen-bond acceptors (Lipinski definition) is 3. The zero-order valence-electron chi connectivity index (χ0n) is 8.97. The smallest absolute Gasteiger partial charge is 0.309 e. The molecule has 0 saturated heterocycles. The molecule has 0 spiro atoms. The summed E-state index contributed by atoms with van der Waals surface area (Å²) in [7, 11) is 1.34. The third kappa shape index (κ3) is 3.57. The molecule has 2 N–H and O–H groups in total. The molecule has 1 amide bonds. The van der Waals surface area contributed by atoms with E-state index < -0.39 is 5.91 Å². The van der Waals surface area contributed by atoms with Crippen molar-refractivity contribution in [1.29, 1.82) is 0 Å². The van der Waals surface area contributed by atoms with Crippen molar-refractivity contribution in [3.8, 4) is 0 Å². The molecule has 0 heterocycles. The minimum Gasteiger partial charge on any atom is -0.469 e. The number of primary amides is 1. The van der Waals surface area contributed by atoms with Gasteiger partial charge in [-0.3, -0.25) is 9.59 Å². The molecule has 0 saturated carbocycles. The van der Waals surface area contributed by atoms with Gasteiger partial charge in [0.1, 0.15) is 0 Å². The first-order valence-corrected chi connectivity index (χ1v) is 4.76. The quantitative estimate of drug-likeness (QED) is 0.777. The highest BCUT2D eigenvalue weighted by Gasteiger charge is 1.99. The van der Waals surface area contributed by atoms with Gasteiger partial charge >= 0.3 is 5.97 Å². The first kappa shape index (κ1) is 12.0. The van der Waals surface area contributed by atoms with Crippen LogP contribution in [0, 0.1) is 0 Å². The summed E-state index contributed by atoms with van der Waals surface area (Å²) < 4.78 is 4.49. The molecular weight excluding hydrogens is 206 g/mol. The minimum atomic E-state index is -0.469. The van der Waals surface area contributed by atoms with E-state index in [1.54, 1.807) is 30.4 Å². The van der Waals surface area contributed by atoms with Crippen LogP contribution in [0.15, 0.2) is 30.3 Å². The van der Waals surface area contributed by atoms with Crippen LogP contribution in [-0.2, 0) is 9.53 Å². The van der Waals surface area contributed by atoms with E-state index in [2.05, 4.69) is 4.74 Å². The lowest BCUT2D eigenvalue weighted by molar-refractivity contribution is -0.139. The average molecular weight is 219 g/mol. The fourth-order valence-corrected chi connectivity index (χ4v) is 1.17. The molecule has 1 aromatic carbocycles. The Bertz CT molecular complexity index is 424. The van der Waals surface area contributed by atoms with E-state index in [0.29, 0.717) is 5.56 Å². The zero-order chi connectivity index (χ0) is 12.0. The fourth-order valence-electron chi connectivity index (χ4n) is 1.17. The monoisotopic (exact) mass is 219 g/mol. The van der Waals surface area contributed by atoms with Crippen molar-refractivity contribution in [1.82, 2.24) is 0 Å². The minimum absolute atomic E-state index is 0.206. The van der Waals surface area contributed by atoms with Crippen molar-refractivity contribution < 1.29 is 14.3 Å². The Morgan fingerprint density at radius 3 is 2.81 bits per heavy atom. The molecule has 0 aliphatic rings. The Morgan fingerprint density at radius 1 is 1.44 bits per heavy atom. The number of carbonyl (C=O) groups excluding carboxylic acids is 2. The van der Waals surface area contributed by atoms with Gasteiger partial charge in [-0.2, -0.15) is 0 Å². The standard InChI is InChI=1S/C12H13NO3/c1-16-11(14)7-3-5-9-4-2-6-10(8-9)12(13)15/h2-6,8H,7H2,1H3,(H2,13,15). The number of benzene rings is 1. The highest BCUT2D eigenvalue weighted by Crippen LogP contribution is 2.07. The van der Waals surface area contributed by atoms with Gasteiger partial charge in [-0.25, -0.2) is 0 Å². The Hall–Kier alpha value is -2.10. The second-order valence-electron chi connectivity index (χ2n) is 3.17. The van der Waals surface area contributed by atoms with Crippen LogP contribution in [0.5, 0.6) is 0 Å². The van der Waals surface area contributed by atoms with Crippen LogP contribution >= 0.6 is 0 Å². The molecule has 16 heavy (non-hydrogen) atoms. The first-order chi connectivity index (χ1) is 7.63. The number of rotatable bonds is 4. The van der Waals surface area contributed by atoms with Gasteiger partial charge in [-0.05, 0) is 17.7 Å². The van der Waals surface area contributed by atoms with Gasteiger partial charge in [-0.1, -0.05) is 24.3 Å². The van der Waals surface area contributed by atoms with E-state index in [1.165, 1.54) is 7.11 Å². The Labute approximate surface area is 93.7 Å². The van der Waals surface area contributed by atoms with Crippen LogP contribution in [-0.4, -0.2) is 19.0 Å². The van der Waals surface area contributed by atoms with Gasteiger partial charge in [0.2, 0.25) is 5.91 Å². The number of amides is 1. The predicted octanol–water partition coefficient (Wildman–Crippen LogP) is 1.36. The molecule has 1 aromatic rings. The SMILES string of the molecule is COC(=O)CC=Cc1cccc(C(N)=O)c1. The molecule has 0 unspecified atom stereocenters. The molecule has 0 fully saturated rings.